The molecule has 2 heterocycles. The zero-order valence-corrected chi connectivity index (χ0v) is 12.7. The molecule has 1 atom stereocenters. The van der Waals surface area contributed by atoms with Crippen molar-refractivity contribution in [3.8, 4) is 11.4 Å². The minimum atomic E-state index is 0.280. The molecule has 3 rings (SSSR count). The summed E-state index contributed by atoms with van der Waals surface area (Å²) in [6.07, 6.45) is 2.23. The van der Waals surface area contributed by atoms with Crippen LogP contribution in [0.15, 0.2) is 24.3 Å². The summed E-state index contributed by atoms with van der Waals surface area (Å²) in [7, 11) is 0. The van der Waals surface area contributed by atoms with Crippen LogP contribution in [0.3, 0.4) is 0 Å². The van der Waals surface area contributed by atoms with E-state index in [2.05, 4.69) is 52.1 Å². The highest BCUT2D eigenvalue weighted by Gasteiger charge is 2.24. The molecule has 0 saturated carbocycles. The van der Waals surface area contributed by atoms with E-state index in [0.29, 0.717) is 5.92 Å². The molecule has 0 amide bonds. The van der Waals surface area contributed by atoms with Crippen molar-refractivity contribution >= 4 is 5.95 Å². The average Bonchev–Trinajstić information content (AvgIpc) is 2.97. The van der Waals surface area contributed by atoms with Gasteiger partial charge >= 0.3 is 0 Å². The number of nitrogens with zero attached hydrogens (tertiary/aromatic N) is 3. The summed E-state index contributed by atoms with van der Waals surface area (Å²) in [4.78, 5) is 6.89. The summed E-state index contributed by atoms with van der Waals surface area (Å²) in [5.41, 5.74) is 8.30. The lowest BCUT2D eigenvalue weighted by atomic mass is 9.91. The second kappa shape index (κ2) is 5.85. The highest BCUT2D eigenvalue weighted by Crippen LogP contribution is 2.24. The van der Waals surface area contributed by atoms with Gasteiger partial charge in [-0.05, 0) is 38.7 Å². The van der Waals surface area contributed by atoms with E-state index in [1.807, 2.05) is 6.07 Å². The Bertz CT molecular complexity index is 596. The Morgan fingerprint density at radius 3 is 2.76 bits per heavy atom. The number of aryl methyl sites for hydroxylation is 1. The van der Waals surface area contributed by atoms with Gasteiger partial charge in [-0.2, -0.15) is 4.98 Å². The Morgan fingerprint density at radius 1 is 1.33 bits per heavy atom. The molecule has 1 saturated heterocycles. The number of hydrogen-bond donors (Lipinski definition) is 2. The van der Waals surface area contributed by atoms with E-state index in [0.717, 1.165) is 43.3 Å². The van der Waals surface area contributed by atoms with E-state index in [9.17, 15) is 0 Å². The first-order valence-electron chi connectivity index (χ1n) is 7.63. The minimum Gasteiger partial charge on any atom is -0.340 e. The van der Waals surface area contributed by atoms with Gasteiger partial charge in [-0.1, -0.05) is 23.8 Å². The van der Waals surface area contributed by atoms with Crippen LogP contribution in [0.2, 0.25) is 0 Å². The van der Waals surface area contributed by atoms with Crippen LogP contribution >= 0.6 is 0 Å². The number of piperidine rings is 1. The van der Waals surface area contributed by atoms with Crippen molar-refractivity contribution in [2.24, 2.45) is 11.7 Å². The number of rotatable bonds is 3. The van der Waals surface area contributed by atoms with E-state index < -0.39 is 0 Å². The maximum Gasteiger partial charge on any atom is 0.245 e. The molecule has 5 nitrogen and oxygen atoms in total. The highest BCUT2D eigenvalue weighted by molar-refractivity contribution is 5.57. The lowest BCUT2D eigenvalue weighted by molar-refractivity contribution is 0.352. The molecule has 1 unspecified atom stereocenters. The molecular weight excluding hydrogens is 262 g/mol. The summed E-state index contributed by atoms with van der Waals surface area (Å²) in [5.74, 6) is 2.26. The van der Waals surface area contributed by atoms with Crippen molar-refractivity contribution in [3.05, 3.63) is 29.8 Å². The van der Waals surface area contributed by atoms with Crippen molar-refractivity contribution in [1.29, 1.82) is 0 Å². The van der Waals surface area contributed by atoms with Gasteiger partial charge in [0.25, 0.3) is 0 Å². The third-order valence-corrected chi connectivity index (χ3v) is 4.33. The number of anilines is 1. The molecule has 1 fully saturated rings. The Kier molecular flexibility index (Phi) is 3.92. The molecule has 0 bridgehead atoms. The summed E-state index contributed by atoms with van der Waals surface area (Å²) in [6, 6.07) is 8.58. The van der Waals surface area contributed by atoms with Crippen LogP contribution in [0.4, 0.5) is 5.95 Å². The van der Waals surface area contributed by atoms with Crippen molar-refractivity contribution in [2.45, 2.75) is 32.7 Å². The van der Waals surface area contributed by atoms with E-state index >= 15 is 0 Å². The predicted octanol–water partition coefficient (Wildman–Crippen LogP) is 2.34. The highest BCUT2D eigenvalue weighted by atomic mass is 15.4. The summed E-state index contributed by atoms with van der Waals surface area (Å²) >= 11 is 0. The van der Waals surface area contributed by atoms with Crippen molar-refractivity contribution in [1.82, 2.24) is 15.2 Å². The molecule has 0 spiro atoms. The standard InChI is InChI=1S/C16H23N5/c1-11-4-3-5-14(10-11)15-18-16(20-19-15)21-8-6-13(7-9-21)12(2)17/h3-5,10,12-13H,6-9,17H2,1-2H3,(H,18,19,20). The molecule has 21 heavy (non-hydrogen) atoms. The van der Waals surface area contributed by atoms with Gasteiger partial charge in [0.05, 0.1) is 0 Å². The minimum absolute atomic E-state index is 0.280. The Labute approximate surface area is 125 Å². The number of benzene rings is 1. The molecule has 3 N–H and O–H groups in total. The average molecular weight is 285 g/mol. The molecule has 1 aromatic heterocycles. The third kappa shape index (κ3) is 3.08. The summed E-state index contributed by atoms with van der Waals surface area (Å²) in [6.45, 7) is 6.15. The monoisotopic (exact) mass is 285 g/mol. The van der Waals surface area contributed by atoms with Crippen LogP contribution in [0.1, 0.15) is 25.3 Å². The van der Waals surface area contributed by atoms with Gasteiger partial charge < -0.3 is 10.6 Å². The number of nitrogens with two attached hydrogens (primary N) is 1. The second-order valence-corrected chi connectivity index (χ2v) is 6.04. The van der Waals surface area contributed by atoms with Crippen LogP contribution in [-0.4, -0.2) is 34.3 Å². The second-order valence-electron chi connectivity index (χ2n) is 6.04. The van der Waals surface area contributed by atoms with E-state index in [1.54, 1.807) is 0 Å². The van der Waals surface area contributed by atoms with Crippen LogP contribution < -0.4 is 10.6 Å². The molecule has 1 aliphatic heterocycles. The Balaban J connectivity index is 1.71. The topological polar surface area (TPSA) is 70.8 Å². The van der Waals surface area contributed by atoms with Gasteiger partial charge in [-0.15, -0.1) is 5.10 Å². The zero-order chi connectivity index (χ0) is 14.8. The number of hydrogen-bond acceptors (Lipinski definition) is 4. The molecular formula is C16H23N5. The fraction of sp³-hybridized carbons (Fsp3) is 0.500. The van der Waals surface area contributed by atoms with E-state index in [4.69, 9.17) is 5.73 Å². The molecule has 5 heteroatoms. The molecule has 112 valence electrons. The number of H-pyrrole nitrogens is 1. The Morgan fingerprint density at radius 2 is 2.10 bits per heavy atom. The van der Waals surface area contributed by atoms with Crippen LogP contribution in [0, 0.1) is 12.8 Å². The van der Waals surface area contributed by atoms with Gasteiger partial charge in [-0.25, -0.2) is 0 Å². The third-order valence-electron chi connectivity index (χ3n) is 4.33. The van der Waals surface area contributed by atoms with Crippen molar-refractivity contribution in [3.63, 3.8) is 0 Å². The van der Waals surface area contributed by atoms with Gasteiger partial charge in [0.15, 0.2) is 5.82 Å². The first-order chi connectivity index (χ1) is 10.1. The largest absolute Gasteiger partial charge is 0.340 e. The van der Waals surface area contributed by atoms with Crippen LogP contribution in [0.25, 0.3) is 11.4 Å². The number of aromatic nitrogens is 3. The maximum atomic E-state index is 5.99. The fourth-order valence-electron chi connectivity index (χ4n) is 2.94. The Hall–Kier alpha value is -1.88. The van der Waals surface area contributed by atoms with Gasteiger partial charge in [-0.3, -0.25) is 5.10 Å². The first kappa shape index (κ1) is 14.1. The molecule has 2 aromatic rings. The predicted molar refractivity (Wildman–Crippen MR) is 85.1 cm³/mol. The van der Waals surface area contributed by atoms with Gasteiger partial charge in [0, 0.05) is 24.7 Å². The molecule has 0 radical (unpaired) electrons. The lowest BCUT2D eigenvalue weighted by Gasteiger charge is -2.32. The normalized spacial score (nSPS) is 18.0. The number of aromatic amines is 1. The van der Waals surface area contributed by atoms with Crippen LogP contribution in [-0.2, 0) is 0 Å². The molecule has 0 aliphatic carbocycles. The quantitative estimate of drug-likeness (QED) is 0.908. The number of nitrogens with one attached hydrogen (secondary N) is 1. The van der Waals surface area contributed by atoms with Gasteiger partial charge in [0.1, 0.15) is 0 Å². The van der Waals surface area contributed by atoms with Crippen molar-refractivity contribution in [2.75, 3.05) is 18.0 Å². The maximum absolute atomic E-state index is 5.99. The smallest absolute Gasteiger partial charge is 0.245 e. The van der Waals surface area contributed by atoms with Crippen LogP contribution in [0.5, 0.6) is 0 Å². The fourth-order valence-corrected chi connectivity index (χ4v) is 2.94. The zero-order valence-electron chi connectivity index (χ0n) is 12.7. The van der Waals surface area contributed by atoms with Gasteiger partial charge in [0.2, 0.25) is 5.95 Å². The van der Waals surface area contributed by atoms with E-state index in [1.165, 1.54) is 5.56 Å². The van der Waals surface area contributed by atoms with Crippen molar-refractivity contribution < 1.29 is 0 Å². The summed E-state index contributed by atoms with van der Waals surface area (Å²) < 4.78 is 0. The molecule has 1 aromatic carbocycles. The lowest BCUT2D eigenvalue weighted by Crippen LogP contribution is -2.40. The first-order valence-corrected chi connectivity index (χ1v) is 7.63. The SMILES string of the molecule is Cc1cccc(-c2nc(N3CCC(C(C)N)CC3)n[nH]2)c1. The summed E-state index contributed by atoms with van der Waals surface area (Å²) in [5, 5.41) is 7.43. The van der Waals surface area contributed by atoms with E-state index in [-0.39, 0.29) is 6.04 Å². The molecule has 1 aliphatic rings.